The maximum Gasteiger partial charge on any atom is 0.255 e. The van der Waals surface area contributed by atoms with Crippen molar-refractivity contribution in [2.45, 2.75) is 6.92 Å². The fraction of sp³-hybridized carbons (Fsp3) is 0.120. The molecule has 0 saturated heterocycles. The van der Waals surface area contributed by atoms with Gasteiger partial charge in [-0.05, 0) is 55.5 Å². The summed E-state index contributed by atoms with van der Waals surface area (Å²) in [7, 11) is 3.10. The Bertz CT molecular complexity index is 1340. The SMILES string of the molecule is COc1ccc(-c2cc(=O)c3cc(NC(=O)c4cccc(C)c4)ccc3o2)cc1OC. The van der Waals surface area contributed by atoms with Gasteiger partial charge < -0.3 is 19.2 Å². The van der Waals surface area contributed by atoms with E-state index in [1.54, 1.807) is 62.8 Å². The van der Waals surface area contributed by atoms with Gasteiger partial charge in [0.05, 0.1) is 19.6 Å². The normalized spacial score (nSPS) is 10.7. The first kappa shape index (κ1) is 20.2. The molecule has 0 saturated carbocycles. The number of aryl methyl sites for hydroxylation is 1. The number of methoxy groups -OCH3 is 2. The van der Waals surface area contributed by atoms with E-state index in [0.29, 0.717) is 45.0 Å². The monoisotopic (exact) mass is 415 g/mol. The predicted molar refractivity (Wildman–Crippen MR) is 120 cm³/mol. The van der Waals surface area contributed by atoms with Gasteiger partial charge in [-0.15, -0.1) is 0 Å². The van der Waals surface area contributed by atoms with Crippen LogP contribution >= 0.6 is 0 Å². The Morgan fingerprint density at radius 3 is 2.45 bits per heavy atom. The number of nitrogens with one attached hydrogen (secondary N) is 1. The van der Waals surface area contributed by atoms with Crippen molar-refractivity contribution < 1.29 is 18.7 Å². The molecule has 6 heteroatoms. The average Bonchev–Trinajstić information content (AvgIpc) is 2.78. The highest BCUT2D eigenvalue weighted by molar-refractivity contribution is 6.05. The van der Waals surface area contributed by atoms with E-state index in [1.807, 2.05) is 19.1 Å². The second kappa shape index (κ2) is 8.36. The third-order valence-electron chi connectivity index (χ3n) is 4.93. The summed E-state index contributed by atoms with van der Waals surface area (Å²) in [4.78, 5) is 25.3. The van der Waals surface area contributed by atoms with E-state index in [2.05, 4.69) is 5.32 Å². The molecule has 1 amide bonds. The molecule has 0 unspecified atom stereocenters. The van der Waals surface area contributed by atoms with E-state index in [0.717, 1.165) is 5.56 Å². The first-order valence-electron chi connectivity index (χ1n) is 9.67. The van der Waals surface area contributed by atoms with E-state index >= 15 is 0 Å². The van der Waals surface area contributed by atoms with Gasteiger partial charge in [0.15, 0.2) is 16.9 Å². The zero-order chi connectivity index (χ0) is 22.0. The number of anilines is 1. The summed E-state index contributed by atoms with van der Waals surface area (Å²) in [5, 5.41) is 3.21. The molecule has 31 heavy (non-hydrogen) atoms. The predicted octanol–water partition coefficient (Wildman–Crippen LogP) is 5.04. The van der Waals surface area contributed by atoms with Gasteiger partial charge in [-0.1, -0.05) is 17.7 Å². The Morgan fingerprint density at radius 2 is 1.71 bits per heavy atom. The van der Waals surface area contributed by atoms with Crippen LogP contribution in [0.25, 0.3) is 22.3 Å². The van der Waals surface area contributed by atoms with E-state index in [-0.39, 0.29) is 11.3 Å². The van der Waals surface area contributed by atoms with Gasteiger partial charge in [-0.2, -0.15) is 0 Å². The van der Waals surface area contributed by atoms with E-state index < -0.39 is 0 Å². The summed E-state index contributed by atoms with van der Waals surface area (Å²) >= 11 is 0. The van der Waals surface area contributed by atoms with Crippen LogP contribution in [-0.4, -0.2) is 20.1 Å². The summed E-state index contributed by atoms with van der Waals surface area (Å²) in [6, 6.07) is 19.0. The van der Waals surface area contributed by atoms with Gasteiger partial charge in [0.25, 0.3) is 5.91 Å². The first-order chi connectivity index (χ1) is 15.0. The van der Waals surface area contributed by atoms with Crippen LogP contribution in [0, 0.1) is 6.92 Å². The Morgan fingerprint density at radius 1 is 0.903 bits per heavy atom. The van der Waals surface area contributed by atoms with Crippen LogP contribution < -0.4 is 20.2 Å². The molecular weight excluding hydrogens is 394 g/mol. The Hall–Kier alpha value is -4.06. The van der Waals surface area contributed by atoms with Crippen molar-refractivity contribution in [2.24, 2.45) is 0 Å². The van der Waals surface area contributed by atoms with Crippen molar-refractivity contribution in [1.29, 1.82) is 0 Å². The maximum absolute atomic E-state index is 12.8. The number of ether oxygens (including phenoxy) is 2. The van der Waals surface area contributed by atoms with Gasteiger partial charge in [0.1, 0.15) is 11.3 Å². The number of benzene rings is 3. The van der Waals surface area contributed by atoms with Gasteiger partial charge in [0.2, 0.25) is 0 Å². The highest BCUT2D eigenvalue weighted by Crippen LogP contribution is 2.33. The van der Waals surface area contributed by atoms with Crippen molar-refractivity contribution in [3.8, 4) is 22.8 Å². The standard InChI is InChI=1S/C25H21NO5/c1-15-5-4-6-17(11-15)25(28)26-18-8-10-21-19(13-18)20(27)14-23(31-21)16-7-9-22(29-2)24(12-16)30-3/h4-14H,1-3H3,(H,26,28). The van der Waals surface area contributed by atoms with Crippen LogP contribution in [0.4, 0.5) is 5.69 Å². The van der Waals surface area contributed by atoms with Crippen LogP contribution in [-0.2, 0) is 0 Å². The Balaban J connectivity index is 1.67. The van der Waals surface area contributed by atoms with Crippen LogP contribution in [0.5, 0.6) is 11.5 Å². The molecule has 0 aliphatic carbocycles. The molecule has 0 fully saturated rings. The smallest absolute Gasteiger partial charge is 0.255 e. The molecule has 0 bridgehead atoms. The van der Waals surface area contributed by atoms with Crippen molar-refractivity contribution >= 4 is 22.6 Å². The van der Waals surface area contributed by atoms with Gasteiger partial charge >= 0.3 is 0 Å². The maximum atomic E-state index is 12.8. The van der Waals surface area contributed by atoms with Gasteiger partial charge in [0, 0.05) is 22.9 Å². The Labute approximate surface area is 179 Å². The highest BCUT2D eigenvalue weighted by atomic mass is 16.5. The van der Waals surface area contributed by atoms with Crippen molar-refractivity contribution in [3.05, 3.63) is 88.1 Å². The molecule has 0 spiro atoms. The third-order valence-corrected chi connectivity index (χ3v) is 4.93. The summed E-state index contributed by atoms with van der Waals surface area (Å²) in [6.07, 6.45) is 0. The number of carbonyl (C=O) groups is 1. The van der Waals surface area contributed by atoms with E-state index in [1.165, 1.54) is 6.07 Å². The van der Waals surface area contributed by atoms with Gasteiger partial charge in [-0.25, -0.2) is 0 Å². The lowest BCUT2D eigenvalue weighted by Crippen LogP contribution is -2.12. The summed E-state index contributed by atoms with van der Waals surface area (Å²) in [5.41, 5.74) is 2.97. The second-order valence-electron chi connectivity index (χ2n) is 7.08. The summed E-state index contributed by atoms with van der Waals surface area (Å²) in [6.45, 7) is 1.92. The zero-order valence-electron chi connectivity index (χ0n) is 17.4. The summed E-state index contributed by atoms with van der Waals surface area (Å²) in [5.74, 6) is 1.30. The minimum Gasteiger partial charge on any atom is -0.493 e. The zero-order valence-corrected chi connectivity index (χ0v) is 17.4. The molecule has 0 aliphatic rings. The second-order valence-corrected chi connectivity index (χ2v) is 7.08. The van der Waals surface area contributed by atoms with Crippen molar-refractivity contribution in [2.75, 3.05) is 19.5 Å². The molecule has 4 aromatic rings. The van der Waals surface area contributed by atoms with Crippen molar-refractivity contribution in [1.82, 2.24) is 0 Å². The average molecular weight is 415 g/mol. The van der Waals surface area contributed by atoms with Crippen molar-refractivity contribution in [3.63, 3.8) is 0 Å². The molecule has 1 N–H and O–H groups in total. The fourth-order valence-electron chi connectivity index (χ4n) is 3.36. The first-order valence-corrected chi connectivity index (χ1v) is 9.67. The number of carbonyl (C=O) groups excluding carboxylic acids is 1. The molecule has 1 heterocycles. The quantitative estimate of drug-likeness (QED) is 0.494. The number of amides is 1. The van der Waals surface area contributed by atoms with E-state index in [9.17, 15) is 9.59 Å². The van der Waals surface area contributed by atoms with Crippen LogP contribution in [0.2, 0.25) is 0 Å². The molecule has 0 radical (unpaired) electrons. The Kier molecular flexibility index (Phi) is 5.45. The van der Waals surface area contributed by atoms with Crippen LogP contribution in [0.1, 0.15) is 15.9 Å². The fourth-order valence-corrected chi connectivity index (χ4v) is 3.36. The van der Waals surface area contributed by atoms with Gasteiger partial charge in [-0.3, -0.25) is 9.59 Å². The molecule has 4 rings (SSSR count). The number of hydrogen-bond acceptors (Lipinski definition) is 5. The minimum absolute atomic E-state index is 0.210. The summed E-state index contributed by atoms with van der Waals surface area (Å²) < 4.78 is 16.5. The van der Waals surface area contributed by atoms with Crippen LogP contribution in [0.3, 0.4) is 0 Å². The lowest BCUT2D eigenvalue weighted by atomic mass is 10.1. The van der Waals surface area contributed by atoms with E-state index in [4.69, 9.17) is 13.9 Å². The molecule has 1 aromatic heterocycles. The molecular formula is C25H21NO5. The third kappa shape index (κ3) is 4.14. The van der Waals surface area contributed by atoms with Crippen LogP contribution in [0.15, 0.2) is 75.9 Å². The molecule has 3 aromatic carbocycles. The number of fused-ring (bicyclic) bond motifs is 1. The molecule has 0 aliphatic heterocycles. The topological polar surface area (TPSA) is 77.8 Å². The number of rotatable bonds is 5. The lowest BCUT2D eigenvalue weighted by molar-refractivity contribution is 0.102. The highest BCUT2D eigenvalue weighted by Gasteiger charge is 2.12. The molecule has 6 nitrogen and oxygen atoms in total. The largest absolute Gasteiger partial charge is 0.493 e. The molecule has 156 valence electrons. The minimum atomic E-state index is -0.241. The molecule has 0 atom stereocenters. The lowest BCUT2D eigenvalue weighted by Gasteiger charge is -2.10. The number of hydrogen-bond donors (Lipinski definition) is 1.